The maximum Gasteiger partial charge on any atom is 0.223 e. The van der Waals surface area contributed by atoms with E-state index in [1.54, 1.807) is 7.11 Å². The van der Waals surface area contributed by atoms with Crippen LogP contribution in [0.4, 0.5) is 5.69 Å². The van der Waals surface area contributed by atoms with Crippen LogP contribution in [0, 0.1) is 6.92 Å². The van der Waals surface area contributed by atoms with Crippen LogP contribution in [0.1, 0.15) is 17.5 Å². The van der Waals surface area contributed by atoms with E-state index in [1.165, 1.54) is 16.8 Å². The Morgan fingerprint density at radius 2 is 1.81 bits per heavy atom. The molecule has 0 unspecified atom stereocenters. The Morgan fingerprint density at radius 3 is 2.48 bits per heavy atom. The molecule has 1 amide bonds. The van der Waals surface area contributed by atoms with Gasteiger partial charge in [0.05, 0.1) is 7.11 Å². The van der Waals surface area contributed by atoms with E-state index in [-0.39, 0.29) is 5.91 Å². The molecule has 2 aromatic carbocycles. The molecule has 0 spiro atoms. The van der Waals surface area contributed by atoms with Gasteiger partial charge in [0, 0.05) is 51.4 Å². The first-order chi connectivity index (χ1) is 13.2. The number of ether oxygens (including phenoxy) is 1. The average molecular weight is 367 g/mol. The SMILES string of the molecule is COc1ccc(CNCCC(=O)N2CCN(c3cccc(C)c3)CC2)cc1. The molecule has 27 heavy (non-hydrogen) atoms. The predicted molar refractivity (Wildman–Crippen MR) is 109 cm³/mol. The number of hydrogen-bond acceptors (Lipinski definition) is 4. The molecule has 3 rings (SSSR count). The highest BCUT2D eigenvalue weighted by molar-refractivity contribution is 5.76. The smallest absolute Gasteiger partial charge is 0.223 e. The molecule has 2 aromatic rings. The number of nitrogens with zero attached hydrogens (tertiary/aromatic N) is 2. The van der Waals surface area contributed by atoms with Crippen molar-refractivity contribution >= 4 is 11.6 Å². The Labute approximate surface area is 161 Å². The van der Waals surface area contributed by atoms with Gasteiger partial charge in [0.15, 0.2) is 0 Å². The van der Waals surface area contributed by atoms with Crippen LogP contribution in [0.15, 0.2) is 48.5 Å². The van der Waals surface area contributed by atoms with Crippen molar-refractivity contribution in [3.63, 3.8) is 0 Å². The maximum atomic E-state index is 12.4. The number of piperazine rings is 1. The van der Waals surface area contributed by atoms with Crippen molar-refractivity contribution in [1.82, 2.24) is 10.2 Å². The van der Waals surface area contributed by atoms with E-state index < -0.39 is 0 Å². The lowest BCUT2D eigenvalue weighted by Crippen LogP contribution is -2.49. The van der Waals surface area contributed by atoms with E-state index >= 15 is 0 Å². The third-order valence-electron chi connectivity index (χ3n) is 5.00. The maximum absolute atomic E-state index is 12.4. The highest BCUT2D eigenvalue weighted by Gasteiger charge is 2.20. The number of aryl methyl sites for hydroxylation is 1. The number of hydrogen-bond donors (Lipinski definition) is 1. The van der Waals surface area contributed by atoms with Crippen molar-refractivity contribution in [3.8, 4) is 5.75 Å². The van der Waals surface area contributed by atoms with Gasteiger partial charge in [-0.1, -0.05) is 24.3 Å². The van der Waals surface area contributed by atoms with Crippen molar-refractivity contribution in [2.45, 2.75) is 19.9 Å². The summed E-state index contributed by atoms with van der Waals surface area (Å²) in [6.07, 6.45) is 0.542. The fourth-order valence-corrected chi connectivity index (χ4v) is 3.37. The molecular formula is C22H29N3O2. The second-order valence-electron chi connectivity index (χ2n) is 6.98. The van der Waals surface area contributed by atoms with Gasteiger partial charge >= 0.3 is 0 Å². The van der Waals surface area contributed by atoms with E-state index in [1.807, 2.05) is 29.2 Å². The molecule has 144 valence electrons. The largest absolute Gasteiger partial charge is 0.497 e. The molecule has 1 aliphatic rings. The van der Waals surface area contributed by atoms with Crippen LogP contribution >= 0.6 is 0 Å². The van der Waals surface area contributed by atoms with Gasteiger partial charge in [-0.25, -0.2) is 0 Å². The highest BCUT2D eigenvalue weighted by atomic mass is 16.5. The number of benzene rings is 2. The second-order valence-corrected chi connectivity index (χ2v) is 6.98. The predicted octanol–water partition coefficient (Wildman–Crippen LogP) is 2.83. The van der Waals surface area contributed by atoms with Crippen molar-refractivity contribution in [3.05, 3.63) is 59.7 Å². The fourth-order valence-electron chi connectivity index (χ4n) is 3.37. The average Bonchev–Trinajstić information content (AvgIpc) is 2.71. The monoisotopic (exact) mass is 367 g/mol. The first-order valence-electron chi connectivity index (χ1n) is 9.59. The first kappa shape index (κ1) is 19.2. The van der Waals surface area contributed by atoms with Crippen LogP contribution in [0.3, 0.4) is 0 Å². The summed E-state index contributed by atoms with van der Waals surface area (Å²) in [5, 5.41) is 3.35. The second kappa shape index (κ2) is 9.42. The van der Waals surface area contributed by atoms with Gasteiger partial charge in [-0.3, -0.25) is 4.79 Å². The molecule has 0 radical (unpaired) electrons. The van der Waals surface area contributed by atoms with Crippen LogP contribution in [0.25, 0.3) is 0 Å². The number of carbonyl (C=O) groups is 1. The molecule has 0 saturated carbocycles. The van der Waals surface area contributed by atoms with Crippen molar-refractivity contribution in [1.29, 1.82) is 0 Å². The fraction of sp³-hybridized carbons (Fsp3) is 0.409. The number of methoxy groups -OCH3 is 1. The summed E-state index contributed by atoms with van der Waals surface area (Å²) >= 11 is 0. The van der Waals surface area contributed by atoms with E-state index in [0.29, 0.717) is 13.0 Å². The van der Waals surface area contributed by atoms with Crippen LogP contribution in [0.2, 0.25) is 0 Å². The number of anilines is 1. The molecule has 0 atom stereocenters. The van der Waals surface area contributed by atoms with E-state index in [2.05, 4.69) is 41.4 Å². The van der Waals surface area contributed by atoms with Crippen molar-refractivity contribution in [2.24, 2.45) is 0 Å². The Balaban J connectivity index is 1.36. The molecule has 1 saturated heterocycles. The van der Waals surface area contributed by atoms with Gasteiger partial charge in [-0.15, -0.1) is 0 Å². The molecular weight excluding hydrogens is 338 g/mol. The van der Waals surface area contributed by atoms with E-state index in [0.717, 1.165) is 38.5 Å². The normalized spacial score (nSPS) is 14.3. The van der Waals surface area contributed by atoms with Crippen molar-refractivity contribution < 1.29 is 9.53 Å². The molecule has 0 bridgehead atoms. The van der Waals surface area contributed by atoms with E-state index in [9.17, 15) is 4.79 Å². The topological polar surface area (TPSA) is 44.8 Å². The molecule has 0 aromatic heterocycles. The lowest BCUT2D eigenvalue weighted by molar-refractivity contribution is -0.131. The highest BCUT2D eigenvalue weighted by Crippen LogP contribution is 2.18. The lowest BCUT2D eigenvalue weighted by atomic mass is 10.2. The third kappa shape index (κ3) is 5.47. The third-order valence-corrected chi connectivity index (χ3v) is 5.00. The summed E-state index contributed by atoms with van der Waals surface area (Å²) < 4.78 is 5.16. The Hall–Kier alpha value is -2.53. The standard InChI is InChI=1S/C22H29N3O2/c1-18-4-3-5-20(16-18)24-12-14-25(15-13-24)22(26)10-11-23-17-19-6-8-21(27-2)9-7-19/h3-9,16,23H,10-15,17H2,1-2H3. The summed E-state index contributed by atoms with van der Waals surface area (Å²) in [7, 11) is 1.67. The number of carbonyl (C=O) groups excluding carboxylic acids is 1. The minimum atomic E-state index is 0.237. The number of nitrogens with one attached hydrogen (secondary N) is 1. The summed E-state index contributed by atoms with van der Waals surface area (Å²) in [5.74, 6) is 1.10. The van der Waals surface area contributed by atoms with Crippen LogP contribution in [-0.2, 0) is 11.3 Å². The van der Waals surface area contributed by atoms with Gasteiger partial charge in [0.2, 0.25) is 5.91 Å². The van der Waals surface area contributed by atoms with Crippen molar-refractivity contribution in [2.75, 3.05) is 44.7 Å². The van der Waals surface area contributed by atoms with E-state index in [4.69, 9.17) is 4.74 Å². The quantitative estimate of drug-likeness (QED) is 0.765. The molecule has 5 heteroatoms. The lowest BCUT2D eigenvalue weighted by Gasteiger charge is -2.36. The summed E-state index contributed by atoms with van der Waals surface area (Å²) in [6.45, 7) is 6.96. The van der Waals surface area contributed by atoms with Crippen LogP contribution in [-0.4, -0.2) is 50.6 Å². The van der Waals surface area contributed by atoms with Gasteiger partial charge in [-0.2, -0.15) is 0 Å². The zero-order chi connectivity index (χ0) is 19.1. The molecule has 0 aliphatic carbocycles. The van der Waals surface area contributed by atoms with Gasteiger partial charge in [0.1, 0.15) is 5.75 Å². The number of amides is 1. The molecule has 1 aliphatic heterocycles. The zero-order valence-corrected chi connectivity index (χ0v) is 16.3. The van der Waals surface area contributed by atoms with Crippen LogP contribution < -0.4 is 15.0 Å². The first-order valence-corrected chi connectivity index (χ1v) is 9.59. The van der Waals surface area contributed by atoms with Gasteiger partial charge in [0.25, 0.3) is 0 Å². The summed E-state index contributed by atoms with van der Waals surface area (Å²) in [6, 6.07) is 16.6. The van der Waals surface area contributed by atoms with Crippen LogP contribution in [0.5, 0.6) is 5.75 Å². The molecule has 1 fully saturated rings. The summed E-state index contributed by atoms with van der Waals surface area (Å²) in [5.41, 5.74) is 3.72. The van der Waals surface area contributed by atoms with Gasteiger partial charge in [-0.05, 0) is 42.3 Å². The summed E-state index contributed by atoms with van der Waals surface area (Å²) in [4.78, 5) is 16.8. The minimum Gasteiger partial charge on any atom is -0.497 e. The zero-order valence-electron chi connectivity index (χ0n) is 16.3. The molecule has 1 heterocycles. The minimum absolute atomic E-state index is 0.237. The Bertz CT molecular complexity index is 737. The molecule has 5 nitrogen and oxygen atoms in total. The number of rotatable bonds is 7. The van der Waals surface area contributed by atoms with Gasteiger partial charge < -0.3 is 19.9 Å². The Kier molecular flexibility index (Phi) is 6.71. The molecule has 1 N–H and O–H groups in total. The Morgan fingerprint density at radius 1 is 1.07 bits per heavy atom.